The highest BCUT2D eigenvalue weighted by molar-refractivity contribution is 7.13. The summed E-state index contributed by atoms with van der Waals surface area (Å²) in [6.45, 7) is 5.81. The summed E-state index contributed by atoms with van der Waals surface area (Å²) in [5, 5.41) is 14.4. The van der Waals surface area contributed by atoms with Gasteiger partial charge in [-0.25, -0.2) is 0 Å². The highest BCUT2D eigenvalue weighted by Crippen LogP contribution is 2.14. The molecule has 2 N–H and O–H groups in total. The quantitative estimate of drug-likeness (QED) is 0.713. The second-order valence-corrected chi connectivity index (χ2v) is 7.85. The predicted molar refractivity (Wildman–Crippen MR) is 106 cm³/mol. The molecule has 2 amide bonds. The van der Waals surface area contributed by atoms with Crippen molar-refractivity contribution in [3.63, 3.8) is 0 Å². The molecule has 2 heterocycles. The Balaban J connectivity index is 1.47. The van der Waals surface area contributed by atoms with Crippen LogP contribution in [0.5, 0.6) is 0 Å². The molecule has 1 aromatic carbocycles. The topological polar surface area (TPSA) is 87.2 Å². The zero-order valence-corrected chi connectivity index (χ0v) is 16.3. The molecule has 0 bridgehead atoms. The van der Waals surface area contributed by atoms with E-state index < -0.39 is 0 Å². The van der Waals surface area contributed by atoms with E-state index in [1.165, 1.54) is 43.7 Å². The highest BCUT2D eigenvalue weighted by atomic mass is 32.1. The zero-order chi connectivity index (χ0) is 19.1. The van der Waals surface area contributed by atoms with Crippen LogP contribution in [0, 0.1) is 6.92 Å². The van der Waals surface area contributed by atoms with Gasteiger partial charge in [0.2, 0.25) is 5.01 Å². The maximum absolute atomic E-state index is 12.3. The van der Waals surface area contributed by atoms with Gasteiger partial charge < -0.3 is 15.5 Å². The maximum Gasteiger partial charge on any atom is 0.286 e. The molecule has 1 saturated heterocycles. The maximum atomic E-state index is 12.3. The Hall–Kier alpha value is -2.32. The Bertz CT molecular complexity index is 786. The third-order valence-corrected chi connectivity index (χ3v) is 5.33. The van der Waals surface area contributed by atoms with Crippen molar-refractivity contribution in [1.29, 1.82) is 0 Å². The number of anilines is 1. The fourth-order valence-electron chi connectivity index (χ4n) is 3.10. The van der Waals surface area contributed by atoms with Gasteiger partial charge in [-0.3, -0.25) is 9.59 Å². The molecule has 0 aliphatic carbocycles. The van der Waals surface area contributed by atoms with Crippen molar-refractivity contribution >= 4 is 28.8 Å². The Labute approximate surface area is 163 Å². The van der Waals surface area contributed by atoms with Gasteiger partial charge >= 0.3 is 0 Å². The first-order valence-electron chi connectivity index (χ1n) is 9.34. The summed E-state index contributed by atoms with van der Waals surface area (Å²) in [4.78, 5) is 27.0. The van der Waals surface area contributed by atoms with Gasteiger partial charge in [-0.15, -0.1) is 10.2 Å². The van der Waals surface area contributed by atoms with Crippen LogP contribution in [0.15, 0.2) is 24.3 Å². The van der Waals surface area contributed by atoms with Crippen molar-refractivity contribution in [2.75, 3.05) is 31.5 Å². The van der Waals surface area contributed by atoms with Crippen molar-refractivity contribution in [2.45, 2.75) is 32.6 Å². The lowest BCUT2D eigenvalue weighted by Crippen LogP contribution is -2.33. The van der Waals surface area contributed by atoms with Crippen LogP contribution in [-0.2, 0) is 0 Å². The molecule has 1 aromatic heterocycles. The zero-order valence-electron chi connectivity index (χ0n) is 15.5. The fourth-order valence-corrected chi connectivity index (χ4v) is 3.69. The van der Waals surface area contributed by atoms with Crippen molar-refractivity contribution in [3.05, 3.63) is 39.8 Å². The van der Waals surface area contributed by atoms with Crippen LogP contribution >= 0.6 is 11.3 Å². The standard InChI is InChI=1S/C19H25N5O2S/c1-14-22-23-19(27-14)18(26)21-16-8-5-7-15(13-16)17(25)20-9-6-12-24-10-3-2-4-11-24/h5,7-8,13H,2-4,6,9-12H2,1H3,(H,20,25)(H,21,26). The van der Waals surface area contributed by atoms with Gasteiger partial charge in [0.1, 0.15) is 5.01 Å². The summed E-state index contributed by atoms with van der Waals surface area (Å²) in [7, 11) is 0. The lowest BCUT2D eigenvalue weighted by molar-refractivity contribution is 0.0949. The van der Waals surface area contributed by atoms with E-state index in [1.807, 2.05) is 0 Å². The number of carbonyl (C=O) groups excluding carboxylic acids is 2. The van der Waals surface area contributed by atoms with Gasteiger partial charge in [0.05, 0.1) is 0 Å². The second-order valence-electron chi connectivity index (χ2n) is 6.67. The monoisotopic (exact) mass is 387 g/mol. The first-order valence-corrected chi connectivity index (χ1v) is 10.2. The minimum atomic E-state index is -0.320. The van der Waals surface area contributed by atoms with Crippen LogP contribution in [0.25, 0.3) is 0 Å². The van der Waals surface area contributed by atoms with Crippen LogP contribution in [0.2, 0.25) is 0 Å². The number of hydrogen-bond acceptors (Lipinski definition) is 6. The minimum Gasteiger partial charge on any atom is -0.352 e. The largest absolute Gasteiger partial charge is 0.352 e. The Morgan fingerprint density at radius 1 is 1.15 bits per heavy atom. The van der Waals surface area contributed by atoms with Crippen molar-refractivity contribution in [3.8, 4) is 0 Å². The molecule has 0 unspecified atom stereocenters. The Kier molecular flexibility index (Phi) is 6.89. The first-order chi connectivity index (χ1) is 13.1. The summed E-state index contributed by atoms with van der Waals surface area (Å²) in [5.74, 6) is -0.448. The molecule has 8 heteroatoms. The molecular formula is C19H25N5O2S. The molecule has 0 radical (unpaired) electrons. The van der Waals surface area contributed by atoms with Crippen LogP contribution < -0.4 is 10.6 Å². The van der Waals surface area contributed by atoms with Gasteiger partial charge in [0.25, 0.3) is 11.8 Å². The van der Waals surface area contributed by atoms with Crippen molar-refractivity contribution in [1.82, 2.24) is 20.4 Å². The smallest absolute Gasteiger partial charge is 0.286 e. The van der Waals surface area contributed by atoms with Gasteiger partial charge in [0, 0.05) is 17.8 Å². The van der Waals surface area contributed by atoms with E-state index in [0.717, 1.165) is 18.0 Å². The van der Waals surface area contributed by atoms with E-state index >= 15 is 0 Å². The molecule has 3 rings (SSSR count). The first kappa shape index (κ1) is 19.4. The average Bonchev–Trinajstić information content (AvgIpc) is 3.13. The molecule has 2 aromatic rings. The number of aryl methyl sites for hydroxylation is 1. The van der Waals surface area contributed by atoms with Gasteiger partial charge in [0.15, 0.2) is 0 Å². The molecule has 0 atom stereocenters. The van der Waals surface area contributed by atoms with Crippen LogP contribution in [0.3, 0.4) is 0 Å². The number of carbonyl (C=O) groups is 2. The molecule has 0 saturated carbocycles. The van der Waals surface area contributed by atoms with Crippen molar-refractivity contribution < 1.29 is 9.59 Å². The number of piperidine rings is 1. The summed E-state index contributed by atoms with van der Waals surface area (Å²) in [5.41, 5.74) is 1.09. The average molecular weight is 388 g/mol. The molecule has 1 aliphatic heterocycles. The van der Waals surface area contributed by atoms with E-state index in [1.54, 1.807) is 31.2 Å². The number of rotatable bonds is 7. The number of benzene rings is 1. The van der Waals surface area contributed by atoms with Gasteiger partial charge in [-0.2, -0.15) is 0 Å². The van der Waals surface area contributed by atoms with Crippen molar-refractivity contribution in [2.24, 2.45) is 0 Å². The molecular weight excluding hydrogens is 362 g/mol. The lowest BCUT2D eigenvalue weighted by atomic mass is 10.1. The minimum absolute atomic E-state index is 0.128. The Morgan fingerprint density at radius 2 is 1.96 bits per heavy atom. The third kappa shape index (κ3) is 5.83. The van der Waals surface area contributed by atoms with E-state index in [-0.39, 0.29) is 11.8 Å². The number of hydrogen-bond donors (Lipinski definition) is 2. The number of likely N-dealkylation sites (tertiary alicyclic amines) is 1. The van der Waals surface area contributed by atoms with E-state index in [2.05, 4.69) is 25.7 Å². The number of nitrogens with one attached hydrogen (secondary N) is 2. The summed E-state index contributed by atoms with van der Waals surface area (Å²) in [6, 6.07) is 6.92. The normalized spacial score (nSPS) is 14.7. The fraction of sp³-hybridized carbons (Fsp3) is 0.474. The molecule has 1 fully saturated rings. The SMILES string of the molecule is Cc1nnc(C(=O)Nc2cccc(C(=O)NCCCN3CCCCC3)c2)s1. The van der Waals surface area contributed by atoms with Gasteiger partial charge in [-0.05, 0) is 64.0 Å². The molecule has 7 nitrogen and oxygen atoms in total. The molecule has 0 spiro atoms. The lowest BCUT2D eigenvalue weighted by Gasteiger charge is -2.26. The Morgan fingerprint density at radius 3 is 2.70 bits per heavy atom. The summed E-state index contributed by atoms with van der Waals surface area (Å²) >= 11 is 1.23. The number of amides is 2. The van der Waals surface area contributed by atoms with E-state index in [0.29, 0.717) is 22.8 Å². The molecule has 144 valence electrons. The van der Waals surface area contributed by atoms with E-state index in [4.69, 9.17) is 0 Å². The van der Waals surface area contributed by atoms with Crippen LogP contribution in [0.1, 0.15) is 50.9 Å². The third-order valence-electron chi connectivity index (χ3n) is 4.49. The summed E-state index contributed by atoms with van der Waals surface area (Å²) in [6.07, 6.45) is 4.83. The van der Waals surface area contributed by atoms with Gasteiger partial charge in [-0.1, -0.05) is 23.8 Å². The number of aromatic nitrogens is 2. The van der Waals surface area contributed by atoms with Crippen LogP contribution in [0.4, 0.5) is 5.69 Å². The highest BCUT2D eigenvalue weighted by Gasteiger charge is 2.13. The summed E-state index contributed by atoms with van der Waals surface area (Å²) < 4.78 is 0. The number of nitrogens with zero attached hydrogens (tertiary/aromatic N) is 3. The van der Waals surface area contributed by atoms with E-state index in [9.17, 15) is 9.59 Å². The predicted octanol–water partition coefficient (Wildman–Crippen LogP) is 2.70. The molecule has 27 heavy (non-hydrogen) atoms. The molecule has 1 aliphatic rings. The second kappa shape index (κ2) is 9.57. The van der Waals surface area contributed by atoms with Crippen LogP contribution in [-0.4, -0.2) is 53.1 Å².